The van der Waals surface area contributed by atoms with Gasteiger partial charge in [0.1, 0.15) is 6.29 Å². The van der Waals surface area contributed by atoms with Gasteiger partial charge in [0.05, 0.1) is 0 Å². The minimum Gasteiger partial charge on any atom is -0.396 e. The van der Waals surface area contributed by atoms with Gasteiger partial charge in [-0.3, -0.25) is 4.90 Å². The van der Waals surface area contributed by atoms with E-state index in [1.54, 1.807) is 0 Å². The fourth-order valence-electron chi connectivity index (χ4n) is 3.39. The molecule has 0 aromatic heterocycles. The van der Waals surface area contributed by atoms with Crippen LogP contribution in [0.2, 0.25) is 0 Å². The topological polar surface area (TPSA) is 40.5 Å². The lowest BCUT2D eigenvalue weighted by atomic mass is 9.74. The van der Waals surface area contributed by atoms with E-state index in [4.69, 9.17) is 5.11 Å². The number of nitrogens with zero attached hydrogens (tertiary/aromatic N) is 1. The molecule has 3 nitrogen and oxygen atoms in total. The molecule has 2 saturated carbocycles. The van der Waals surface area contributed by atoms with Gasteiger partial charge in [-0.1, -0.05) is 25.7 Å². The Morgan fingerprint density at radius 2 is 1.89 bits per heavy atom. The van der Waals surface area contributed by atoms with E-state index in [2.05, 4.69) is 4.90 Å². The molecule has 2 fully saturated rings. The molecule has 0 aromatic carbocycles. The lowest BCUT2D eigenvalue weighted by Gasteiger charge is -2.43. The first-order valence-electron chi connectivity index (χ1n) is 7.61. The van der Waals surface area contributed by atoms with Crippen LogP contribution in [0.15, 0.2) is 0 Å². The summed E-state index contributed by atoms with van der Waals surface area (Å²) >= 11 is 0. The van der Waals surface area contributed by atoms with Gasteiger partial charge in [-0.2, -0.15) is 0 Å². The zero-order valence-corrected chi connectivity index (χ0v) is 11.4. The maximum atomic E-state index is 11.5. The molecule has 2 rings (SSSR count). The molecule has 0 aromatic rings. The highest BCUT2D eigenvalue weighted by Crippen LogP contribution is 2.37. The number of carbonyl (C=O) groups excluding carboxylic acids is 1. The van der Waals surface area contributed by atoms with E-state index in [9.17, 15) is 4.79 Å². The minimum atomic E-state index is -0.0801. The van der Waals surface area contributed by atoms with E-state index in [0.717, 1.165) is 32.4 Å². The quantitative estimate of drug-likeness (QED) is 0.708. The average Bonchev–Trinajstić information content (AvgIpc) is 2.35. The number of carbonyl (C=O) groups is 1. The molecule has 0 atom stereocenters. The van der Waals surface area contributed by atoms with Gasteiger partial charge in [-0.15, -0.1) is 0 Å². The third kappa shape index (κ3) is 3.33. The highest BCUT2D eigenvalue weighted by atomic mass is 16.3. The number of aldehydes is 1. The molecule has 3 heteroatoms. The van der Waals surface area contributed by atoms with Crippen molar-refractivity contribution in [2.45, 2.75) is 63.8 Å². The summed E-state index contributed by atoms with van der Waals surface area (Å²) in [5.41, 5.74) is -0.0801. The summed E-state index contributed by atoms with van der Waals surface area (Å²) < 4.78 is 0. The molecule has 2 aliphatic rings. The number of hydrogen-bond acceptors (Lipinski definition) is 3. The molecule has 18 heavy (non-hydrogen) atoms. The van der Waals surface area contributed by atoms with Gasteiger partial charge in [0, 0.05) is 31.2 Å². The summed E-state index contributed by atoms with van der Waals surface area (Å²) in [4.78, 5) is 14.0. The Kier molecular flexibility index (Phi) is 5.19. The minimum absolute atomic E-state index is 0.0801. The van der Waals surface area contributed by atoms with Gasteiger partial charge >= 0.3 is 0 Å². The first-order chi connectivity index (χ1) is 8.79. The van der Waals surface area contributed by atoms with E-state index < -0.39 is 0 Å². The molecule has 104 valence electrons. The van der Waals surface area contributed by atoms with Crippen LogP contribution in [-0.2, 0) is 4.79 Å². The number of rotatable bonds is 7. The molecular formula is C15H27NO2. The second kappa shape index (κ2) is 6.67. The SMILES string of the molecule is O=CC1(CN(CCCO)C2CCC2)CCCCC1. The highest BCUT2D eigenvalue weighted by molar-refractivity contribution is 5.60. The van der Waals surface area contributed by atoms with Crippen LogP contribution in [0.4, 0.5) is 0 Å². The first kappa shape index (κ1) is 14.0. The van der Waals surface area contributed by atoms with Gasteiger partial charge in [-0.25, -0.2) is 0 Å². The number of aliphatic hydroxyl groups excluding tert-OH is 1. The second-order valence-electron chi connectivity index (χ2n) is 6.17. The van der Waals surface area contributed by atoms with Crippen LogP contribution in [0.1, 0.15) is 57.8 Å². The van der Waals surface area contributed by atoms with E-state index >= 15 is 0 Å². The van der Waals surface area contributed by atoms with Gasteiger partial charge in [-0.05, 0) is 32.1 Å². The summed E-state index contributed by atoms with van der Waals surface area (Å²) in [6.45, 7) is 2.15. The Morgan fingerprint density at radius 3 is 2.39 bits per heavy atom. The van der Waals surface area contributed by atoms with Crippen molar-refractivity contribution >= 4 is 6.29 Å². The Labute approximate surface area is 111 Å². The van der Waals surface area contributed by atoms with Crippen molar-refractivity contribution in [3.8, 4) is 0 Å². The van der Waals surface area contributed by atoms with Crippen molar-refractivity contribution < 1.29 is 9.90 Å². The molecule has 0 amide bonds. The van der Waals surface area contributed by atoms with Gasteiger partial charge in [0.25, 0.3) is 0 Å². The van der Waals surface area contributed by atoms with Crippen LogP contribution >= 0.6 is 0 Å². The first-order valence-corrected chi connectivity index (χ1v) is 7.61. The van der Waals surface area contributed by atoms with Crippen LogP contribution in [0.25, 0.3) is 0 Å². The van der Waals surface area contributed by atoms with E-state index in [1.807, 2.05) is 0 Å². The Balaban J connectivity index is 1.94. The van der Waals surface area contributed by atoms with Gasteiger partial charge in [0.2, 0.25) is 0 Å². The maximum Gasteiger partial charge on any atom is 0.127 e. The van der Waals surface area contributed by atoms with Crippen molar-refractivity contribution in [3.05, 3.63) is 0 Å². The molecule has 0 radical (unpaired) electrons. The molecule has 0 spiro atoms. The number of hydrogen-bond donors (Lipinski definition) is 1. The van der Waals surface area contributed by atoms with E-state index in [1.165, 1.54) is 44.8 Å². The standard InChI is InChI=1S/C15H27NO2/c17-11-5-10-16(14-6-4-7-14)12-15(13-18)8-2-1-3-9-15/h13-14,17H,1-12H2. The predicted molar refractivity (Wildman–Crippen MR) is 72.5 cm³/mol. The van der Waals surface area contributed by atoms with Gasteiger partial charge < -0.3 is 9.90 Å². The molecule has 1 N–H and O–H groups in total. The van der Waals surface area contributed by atoms with Crippen LogP contribution in [-0.4, -0.2) is 42.0 Å². The van der Waals surface area contributed by atoms with Crippen LogP contribution < -0.4 is 0 Å². The van der Waals surface area contributed by atoms with Crippen LogP contribution in [0, 0.1) is 5.41 Å². The lowest BCUT2D eigenvalue weighted by Crippen LogP contribution is -2.48. The fraction of sp³-hybridized carbons (Fsp3) is 0.933. The molecule has 2 aliphatic carbocycles. The van der Waals surface area contributed by atoms with E-state index in [0.29, 0.717) is 6.04 Å². The van der Waals surface area contributed by atoms with E-state index in [-0.39, 0.29) is 12.0 Å². The zero-order chi connectivity index (χ0) is 12.8. The van der Waals surface area contributed by atoms with Crippen LogP contribution in [0.5, 0.6) is 0 Å². The maximum absolute atomic E-state index is 11.5. The normalized spacial score (nSPS) is 23.9. The van der Waals surface area contributed by atoms with Crippen molar-refractivity contribution in [1.82, 2.24) is 4.90 Å². The largest absolute Gasteiger partial charge is 0.396 e. The van der Waals surface area contributed by atoms with Crippen LogP contribution in [0.3, 0.4) is 0 Å². The Hall–Kier alpha value is -0.410. The zero-order valence-electron chi connectivity index (χ0n) is 11.4. The molecular weight excluding hydrogens is 226 g/mol. The number of aliphatic hydroxyl groups is 1. The second-order valence-corrected chi connectivity index (χ2v) is 6.17. The average molecular weight is 253 g/mol. The summed E-state index contributed by atoms with van der Waals surface area (Å²) in [7, 11) is 0. The Morgan fingerprint density at radius 1 is 1.17 bits per heavy atom. The smallest absolute Gasteiger partial charge is 0.127 e. The molecule has 0 unspecified atom stereocenters. The molecule has 0 bridgehead atoms. The predicted octanol–water partition coefficient (Wildman–Crippen LogP) is 2.37. The summed E-state index contributed by atoms with van der Waals surface area (Å²) in [5.74, 6) is 0. The van der Waals surface area contributed by atoms with Crippen molar-refractivity contribution in [3.63, 3.8) is 0 Å². The summed E-state index contributed by atoms with van der Waals surface area (Å²) in [6, 6.07) is 0.676. The molecule has 0 saturated heterocycles. The fourth-order valence-corrected chi connectivity index (χ4v) is 3.39. The third-order valence-electron chi connectivity index (χ3n) is 4.81. The highest BCUT2D eigenvalue weighted by Gasteiger charge is 2.36. The monoisotopic (exact) mass is 253 g/mol. The summed E-state index contributed by atoms with van der Waals surface area (Å²) in [5, 5.41) is 9.02. The van der Waals surface area contributed by atoms with Crippen molar-refractivity contribution in [1.29, 1.82) is 0 Å². The lowest BCUT2D eigenvalue weighted by molar-refractivity contribution is -0.120. The summed E-state index contributed by atoms with van der Waals surface area (Å²) in [6.07, 6.45) is 11.8. The van der Waals surface area contributed by atoms with Gasteiger partial charge in [0.15, 0.2) is 0 Å². The third-order valence-corrected chi connectivity index (χ3v) is 4.81. The Bertz CT molecular complexity index is 257. The van der Waals surface area contributed by atoms with Crippen molar-refractivity contribution in [2.75, 3.05) is 19.7 Å². The molecule has 0 aliphatic heterocycles. The van der Waals surface area contributed by atoms with Crippen molar-refractivity contribution in [2.24, 2.45) is 5.41 Å². The molecule has 0 heterocycles.